The molecule has 1 spiro atoms. The molecule has 3 unspecified atom stereocenters. The van der Waals surface area contributed by atoms with Gasteiger partial charge in [0.25, 0.3) is 5.91 Å². The molecule has 3 aliphatic rings. The molecular formula is C27H36BrN3O5S. The van der Waals surface area contributed by atoms with Gasteiger partial charge < -0.3 is 24.9 Å². The van der Waals surface area contributed by atoms with Crippen LogP contribution in [0.2, 0.25) is 0 Å². The number of aliphatic hydroxyl groups excluding tert-OH is 1. The summed E-state index contributed by atoms with van der Waals surface area (Å²) in [6.07, 6.45) is 3.27. The molecule has 0 aliphatic carbocycles. The maximum Gasteiger partial charge on any atom is 0.308 e. The minimum Gasteiger partial charge on any atom is -0.481 e. The summed E-state index contributed by atoms with van der Waals surface area (Å²) in [5.74, 6) is -3.04. The van der Waals surface area contributed by atoms with E-state index in [0.29, 0.717) is 31.5 Å². The molecule has 6 atom stereocenters. The molecule has 0 aromatic heterocycles. The van der Waals surface area contributed by atoms with E-state index in [9.17, 15) is 24.6 Å². The maximum absolute atomic E-state index is 14.4. The fourth-order valence-electron chi connectivity index (χ4n) is 6.36. The van der Waals surface area contributed by atoms with Gasteiger partial charge in [-0.05, 0) is 57.4 Å². The zero-order valence-electron chi connectivity index (χ0n) is 21.4. The van der Waals surface area contributed by atoms with Crippen molar-refractivity contribution in [2.45, 2.75) is 54.0 Å². The number of aliphatic carboxylic acids is 1. The Morgan fingerprint density at radius 1 is 1.22 bits per heavy atom. The van der Waals surface area contributed by atoms with Crippen LogP contribution in [-0.4, -0.2) is 86.5 Å². The van der Waals surface area contributed by atoms with Gasteiger partial charge in [-0.2, -0.15) is 0 Å². The van der Waals surface area contributed by atoms with Gasteiger partial charge in [-0.15, -0.1) is 18.3 Å². The number of carbonyl (C=O) groups is 3. The Hall–Kier alpha value is -2.04. The normalized spacial score (nSPS) is 29.9. The summed E-state index contributed by atoms with van der Waals surface area (Å²) in [6, 6.07) is 7.05. The van der Waals surface area contributed by atoms with E-state index in [-0.39, 0.29) is 35.0 Å². The van der Waals surface area contributed by atoms with E-state index in [0.717, 1.165) is 18.8 Å². The van der Waals surface area contributed by atoms with Crippen molar-refractivity contribution in [3.63, 3.8) is 0 Å². The van der Waals surface area contributed by atoms with Crippen LogP contribution in [0.1, 0.15) is 33.1 Å². The molecule has 4 rings (SSSR count). The summed E-state index contributed by atoms with van der Waals surface area (Å²) in [4.78, 5) is 45.9. The molecule has 0 radical (unpaired) electrons. The van der Waals surface area contributed by atoms with E-state index >= 15 is 0 Å². The van der Waals surface area contributed by atoms with Crippen LogP contribution in [0.15, 0.2) is 36.9 Å². The summed E-state index contributed by atoms with van der Waals surface area (Å²) in [5, 5.41) is 19.1. The summed E-state index contributed by atoms with van der Waals surface area (Å²) >= 11 is 5.17. The number of aliphatic hydroxyl groups is 1. The lowest BCUT2D eigenvalue weighted by atomic mass is 9.71. The highest BCUT2D eigenvalue weighted by molar-refractivity contribution is 9.09. The number of unbranched alkanes of at least 4 members (excludes halogenated alkanes) is 1. The monoisotopic (exact) mass is 593 g/mol. The van der Waals surface area contributed by atoms with E-state index in [1.165, 1.54) is 11.8 Å². The summed E-state index contributed by atoms with van der Waals surface area (Å²) in [7, 11) is 0. The number of alkyl halides is 1. The Balaban J connectivity index is 1.73. The first-order chi connectivity index (χ1) is 17.7. The number of fused-ring (bicyclic) bond motifs is 1. The average Bonchev–Trinajstić information content (AvgIpc) is 3.47. The van der Waals surface area contributed by atoms with Gasteiger partial charge in [0.15, 0.2) is 0 Å². The highest BCUT2D eigenvalue weighted by atomic mass is 79.9. The Kier molecular flexibility index (Phi) is 8.60. The van der Waals surface area contributed by atoms with E-state index in [4.69, 9.17) is 0 Å². The van der Waals surface area contributed by atoms with Crippen LogP contribution >= 0.6 is 27.7 Å². The number of carbonyl (C=O) groups excluding carboxylic acids is 2. The van der Waals surface area contributed by atoms with Gasteiger partial charge in [0.05, 0.1) is 16.6 Å². The van der Waals surface area contributed by atoms with Crippen molar-refractivity contribution >= 4 is 56.9 Å². The van der Waals surface area contributed by atoms with Gasteiger partial charge in [0, 0.05) is 54.2 Å². The molecular weight excluding hydrogens is 558 g/mol. The molecule has 3 aliphatic heterocycles. The van der Waals surface area contributed by atoms with Gasteiger partial charge in [0.2, 0.25) is 5.91 Å². The van der Waals surface area contributed by atoms with E-state index in [1.807, 2.05) is 24.3 Å². The fourth-order valence-corrected chi connectivity index (χ4v) is 9.96. The van der Waals surface area contributed by atoms with Crippen molar-refractivity contribution < 1.29 is 24.6 Å². The number of hydrogen-bond donors (Lipinski definition) is 2. The number of hydrogen-bond acceptors (Lipinski definition) is 6. The van der Waals surface area contributed by atoms with Crippen molar-refractivity contribution in [3.8, 4) is 0 Å². The largest absolute Gasteiger partial charge is 0.481 e. The predicted molar refractivity (Wildman–Crippen MR) is 150 cm³/mol. The Morgan fingerprint density at radius 3 is 2.43 bits per heavy atom. The molecule has 2 N–H and O–H groups in total. The van der Waals surface area contributed by atoms with Crippen LogP contribution in [0.5, 0.6) is 0 Å². The molecule has 2 bridgehead atoms. The number of anilines is 2. The zero-order chi connectivity index (χ0) is 26.9. The second-order valence-corrected chi connectivity index (χ2v) is 12.6. The molecule has 1 aromatic carbocycles. The minimum absolute atomic E-state index is 0.00522. The molecule has 0 saturated carbocycles. The van der Waals surface area contributed by atoms with Gasteiger partial charge in [0.1, 0.15) is 6.04 Å². The second-order valence-electron chi connectivity index (χ2n) is 9.89. The maximum atomic E-state index is 14.4. The van der Waals surface area contributed by atoms with Crippen molar-refractivity contribution in [2.75, 3.05) is 42.6 Å². The lowest BCUT2D eigenvalue weighted by Gasteiger charge is -2.37. The number of halogens is 1. The molecule has 3 fully saturated rings. The molecule has 3 heterocycles. The van der Waals surface area contributed by atoms with Crippen molar-refractivity contribution in [3.05, 3.63) is 36.9 Å². The standard InChI is InChI=1S/C27H36BrN3O5S/c1-4-13-30(18-11-9-17(10-12-18)29(5-2)6-3)25(34)23-27-16-19(28)22(37-27)20(26(35)36)21(27)24(33)31(23)14-7-8-15-32/h4,9-12,19-23,32H,1,5-8,13-16H2,2-3H3,(H,35,36)/t19?,20-,21+,22-,23?,27?/m1/s1. The quantitative estimate of drug-likeness (QED) is 0.218. The highest BCUT2D eigenvalue weighted by Crippen LogP contribution is 2.67. The Bertz CT molecular complexity index is 1040. The average molecular weight is 595 g/mol. The number of rotatable bonds is 12. The van der Waals surface area contributed by atoms with Crippen LogP contribution in [0.3, 0.4) is 0 Å². The molecule has 1 aromatic rings. The number of thioether (sulfide) groups is 1. The number of carboxylic acids is 1. The van der Waals surface area contributed by atoms with Crippen molar-refractivity contribution in [2.24, 2.45) is 11.8 Å². The van der Waals surface area contributed by atoms with Crippen LogP contribution in [0.4, 0.5) is 11.4 Å². The van der Waals surface area contributed by atoms with Gasteiger partial charge in [-0.1, -0.05) is 22.0 Å². The SMILES string of the molecule is C=CCN(C(=O)C1N(CCCCO)C(=O)[C@@H]2[C@@H](C(=O)O)[C@@H]3SC12CC3Br)c1ccc(N(CC)CC)cc1. The topological polar surface area (TPSA) is 101 Å². The van der Waals surface area contributed by atoms with E-state index < -0.39 is 28.6 Å². The number of benzene rings is 1. The number of likely N-dealkylation sites (tertiary alicyclic amines) is 1. The van der Waals surface area contributed by atoms with E-state index in [1.54, 1.807) is 15.9 Å². The van der Waals surface area contributed by atoms with E-state index in [2.05, 4.69) is 41.3 Å². The lowest BCUT2D eigenvalue weighted by molar-refractivity contribution is -0.148. The third-order valence-electron chi connectivity index (χ3n) is 7.98. The Labute approximate surface area is 231 Å². The first-order valence-electron chi connectivity index (χ1n) is 13.0. The predicted octanol–water partition coefficient (Wildman–Crippen LogP) is 3.37. The zero-order valence-corrected chi connectivity index (χ0v) is 23.8. The van der Waals surface area contributed by atoms with Crippen LogP contribution in [0.25, 0.3) is 0 Å². The Morgan fingerprint density at radius 2 is 1.86 bits per heavy atom. The fraction of sp³-hybridized carbons (Fsp3) is 0.593. The van der Waals surface area contributed by atoms with Crippen LogP contribution in [-0.2, 0) is 14.4 Å². The second kappa shape index (κ2) is 11.4. The first kappa shape index (κ1) is 28.0. The molecule has 10 heteroatoms. The molecule has 202 valence electrons. The number of amides is 2. The van der Waals surface area contributed by atoms with Gasteiger partial charge >= 0.3 is 5.97 Å². The first-order valence-corrected chi connectivity index (χ1v) is 14.8. The molecule has 2 amide bonds. The highest BCUT2D eigenvalue weighted by Gasteiger charge is 2.76. The van der Waals surface area contributed by atoms with Crippen molar-refractivity contribution in [1.82, 2.24) is 4.90 Å². The summed E-state index contributed by atoms with van der Waals surface area (Å²) in [5.41, 5.74) is 1.78. The third kappa shape index (κ3) is 4.69. The van der Waals surface area contributed by atoms with Gasteiger partial charge in [-0.3, -0.25) is 14.4 Å². The summed E-state index contributed by atoms with van der Waals surface area (Å²) in [6.45, 7) is 10.4. The van der Waals surface area contributed by atoms with Crippen LogP contribution in [0, 0.1) is 11.8 Å². The lowest BCUT2D eigenvalue weighted by Crippen LogP contribution is -2.55. The molecule has 3 saturated heterocycles. The summed E-state index contributed by atoms with van der Waals surface area (Å²) < 4.78 is -0.810. The molecule has 37 heavy (non-hydrogen) atoms. The number of carboxylic acid groups (broad SMARTS) is 1. The minimum atomic E-state index is -0.986. The molecule has 8 nitrogen and oxygen atoms in total. The van der Waals surface area contributed by atoms with Gasteiger partial charge in [-0.25, -0.2) is 0 Å². The third-order valence-corrected chi connectivity index (χ3v) is 11.2. The van der Waals surface area contributed by atoms with Crippen LogP contribution < -0.4 is 9.80 Å². The number of nitrogens with zero attached hydrogens (tertiary/aromatic N) is 3. The van der Waals surface area contributed by atoms with Crippen molar-refractivity contribution in [1.29, 1.82) is 0 Å². The smallest absolute Gasteiger partial charge is 0.308 e.